The number of allylic oxidation sites excluding steroid dienone is 2. The van der Waals surface area contributed by atoms with Crippen molar-refractivity contribution in [3.63, 3.8) is 0 Å². The van der Waals surface area contributed by atoms with E-state index < -0.39 is 5.92 Å². The molecule has 0 spiro atoms. The molecule has 284 valence electrons. The fourth-order valence-corrected chi connectivity index (χ4v) is 7.74. The molecule has 0 unspecified atom stereocenters. The van der Waals surface area contributed by atoms with E-state index in [-0.39, 0.29) is 11.9 Å². The fourth-order valence-electron chi connectivity index (χ4n) is 6.85. The number of dihydropyridines is 1. The van der Waals surface area contributed by atoms with Crippen molar-refractivity contribution in [2.24, 2.45) is 0 Å². The lowest BCUT2D eigenvalue weighted by atomic mass is 9.80. The lowest BCUT2D eigenvalue weighted by molar-refractivity contribution is -0.140. The van der Waals surface area contributed by atoms with Gasteiger partial charge in [0.1, 0.15) is 0 Å². The van der Waals surface area contributed by atoms with Crippen LogP contribution in [0.4, 0.5) is 0 Å². The van der Waals surface area contributed by atoms with Crippen LogP contribution >= 0.6 is 31.9 Å². The van der Waals surface area contributed by atoms with Crippen LogP contribution in [0.3, 0.4) is 0 Å². The van der Waals surface area contributed by atoms with Gasteiger partial charge in [-0.25, -0.2) is 9.59 Å². The van der Waals surface area contributed by atoms with Crippen LogP contribution in [-0.4, -0.2) is 35.8 Å². The molecular weight excluding hydrogens is 754 g/mol. The number of esters is 2. The van der Waals surface area contributed by atoms with E-state index in [1.165, 1.54) is 128 Å². The Labute approximate surface area is 322 Å². The molecule has 1 aromatic carbocycles. The van der Waals surface area contributed by atoms with Gasteiger partial charge < -0.3 is 14.8 Å². The normalized spacial score (nSPS) is 13.5. The second-order valence-electron chi connectivity index (χ2n) is 14.1. The smallest absolute Gasteiger partial charge is 0.336 e. The minimum absolute atomic E-state index is 0.372. The average molecular weight is 824 g/mol. The van der Waals surface area contributed by atoms with Crippen LogP contribution in [-0.2, 0) is 19.1 Å². The lowest BCUT2D eigenvalue weighted by Crippen LogP contribution is -2.35. The highest BCUT2D eigenvalue weighted by molar-refractivity contribution is 9.09. The number of carbonyl (C=O) groups excluding carboxylic acids is 2. The molecule has 0 saturated heterocycles. The Hall–Kier alpha value is -1.60. The second kappa shape index (κ2) is 29.9. The highest BCUT2D eigenvalue weighted by atomic mass is 79.9. The van der Waals surface area contributed by atoms with Crippen LogP contribution in [0, 0.1) is 0 Å². The highest BCUT2D eigenvalue weighted by Crippen LogP contribution is 2.40. The van der Waals surface area contributed by atoms with Gasteiger partial charge in [0, 0.05) is 22.1 Å². The van der Waals surface area contributed by atoms with Gasteiger partial charge in [-0.1, -0.05) is 217 Å². The Morgan fingerprint density at radius 2 is 0.840 bits per heavy atom. The summed E-state index contributed by atoms with van der Waals surface area (Å²) >= 11 is 7.19. The van der Waals surface area contributed by atoms with E-state index in [1.54, 1.807) is 0 Å². The van der Waals surface area contributed by atoms with Gasteiger partial charge in [-0.05, 0) is 18.4 Å². The summed E-state index contributed by atoms with van der Waals surface area (Å²) in [6.45, 7) is 5.29. The number of halogens is 2. The number of ether oxygens (including phenoxy) is 2. The van der Waals surface area contributed by atoms with E-state index in [2.05, 4.69) is 51.0 Å². The SMILES string of the molecule is CCCCCCCCCCCCCCOC(=O)C1=C(CBr)NC(CBr)=C(C(=O)OCCCCCCCCCCCCCC)C1c1ccccc1. The van der Waals surface area contributed by atoms with Crippen molar-refractivity contribution in [2.75, 3.05) is 23.9 Å². The van der Waals surface area contributed by atoms with Gasteiger partial charge in [0.05, 0.1) is 30.3 Å². The minimum atomic E-state index is -0.568. The first-order valence-electron chi connectivity index (χ1n) is 20.3. The van der Waals surface area contributed by atoms with Crippen LogP contribution < -0.4 is 5.32 Å². The van der Waals surface area contributed by atoms with Crippen LogP contribution in [0.2, 0.25) is 0 Å². The zero-order valence-electron chi connectivity index (χ0n) is 31.7. The molecule has 1 heterocycles. The Morgan fingerprint density at radius 1 is 0.520 bits per heavy atom. The summed E-state index contributed by atoms with van der Waals surface area (Å²) in [5.41, 5.74) is 3.29. The van der Waals surface area contributed by atoms with Crippen LogP contribution in [0.1, 0.15) is 179 Å². The van der Waals surface area contributed by atoms with E-state index in [1.807, 2.05) is 30.3 Å². The number of carbonyl (C=O) groups is 2. The van der Waals surface area contributed by atoms with Gasteiger partial charge in [-0.2, -0.15) is 0 Å². The molecule has 1 aliphatic heterocycles. The lowest BCUT2D eigenvalue weighted by Gasteiger charge is -2.31. The number of hydrogen-bond donors (Lipinski definition) is 1. The van der Waals surface area contributed by atoms with Crippen molar-refractivity contribution in [1.82, 2.24) is 5.32 Å². The first-order valence-corrected chi connectivity index (χ1v) is 22.6. The summed E-state index contributed by atoms with van der Waals surface area (Å²) in [7, 11) is 0. The topological polar surface area (TPSA) is 64.6 Å². The molecule has 2 rings (SSSR count). The van der Waals surface area contributed by atoms with Gasteiger partial charge in [0.2, 0.25) is 0 Å². The quantitative estimate of drug-likeness (QED) is 0.0459. The summed E-state index contributed by atoms with van der Waals surface area (Å²) in [5, 5.41) is 4.26. The molecule has 7 heteroatoms. The molecule has 1 N–H and O–H groups in total. The first kappa shape index (κ1) is 44.6. The van der Waals surface area contributed by atoms with Crippen LogP contribution in [0.5, 0.6) is 0 Å². The number of nitrogens with one attached hydrogen (secondary N) is 1. The number of rotatable bonds is 31. The van der Waals surface area contributed by atoms with E-state index in [9.17, 15) is 9.59 Å². The zero-order chi connectivity index (χ0) is 36.1. The van der Waals surface area contributed by atoms with Gasteiger partial charge in [0.25, 0.3) is 0 Å². The molecule has 0 aliphatic carbocycles. The molecule has 0 aromatic heterocycles. The third-order valence-electron chi connectivity index (χ3n) is 9.83. The summed E-state index contributed by atoms with van der Waals surface area (Å²) in [5.74, 6) is -1.31. The molecule has 0 saturated carbocycles. The summed E-state index contributed by atoms with van der Waals surface area (Å²) in [6, 6.07) is 9.80. The molecule has 0 atom stereocenters. The highest BCUT2D eigenvalue weighted by Gasteiger charge is 2.39. The Bertz CT molecular complexity index is 1040. The molecule has 50 heavy (non-hydrogen) atoms. The van der Waals surface area contributed by atoms with Crippen molar-refractivity contribution >= 4 is 43.8 Å². The zero-order valence-corrected chi connectivity index (χ0v) is 34.8. The monoisotopic (exact) mass is 821 g/mol. The van der Waals surface area contributed by atoms with Crippen molar-refractivity contribution in [2.45, 2.75) is 174 Å². The predicted octanol–water partition coefficient (Wildman–Crippen LogP) is 13.2. The summed E-state index contributed by atoms with van der Waals surface area (Å²) in [4.78, 5) is 27.5. The maximum Gasteiger partial charge on any atom is 0.336 e. The van der Waals surface area contributed by atoms with E-state index in [0.717, 1.165) is 42.6 Å². The van der Waals surface area contributed by atoms with Gasteiger partial charge >= 0.3 is 11.9 Å². The fraction of sp³-hybridized carbons (Fsp3) is 0.721. The molecular formula is C43H69Br2NO4. The number of benzene rings is 1. The summed E-state index contributed by atoms with van der Waals surface area (Å²) in [6.07, 6.45) is 30.2. The van der Waals surface area contributed by atoms with Gasteiger partial charge in [-0.15, -0.1) is 0 Å². The standard InChI is InChI=1S/C43H69Br2NO4/c1-3-5-7-9-11-13-15-17-19-21-23-28-32-49-42(47)40-37(34-44)46-38(35-45)41(39(40)36-30-26-25-27-31-36)43(48)50-33-29-24-22-20-18-16-14-12-10-8-6-4-2/h25-27,30-31,39,46H,3-24,28-29,32-35H2,1-2H3. The number of alkyl halides is 2. The van der Waals surface area contributed by atoms with Gasteiger partial charge in [0.15, 0.2) is 0 Å². The second-order valence-corrected chi connectivity index (χ2v) is 15.2. The maximum absolute atomic E-state index is 13.8. The molecule has 0 fully saturated rings. The van der Waals surface area contributed by atoms with Crippen molar-refractivity contribution in [3.05, 3.63) is 58.4 Å². The first-order chi connectivity index (χ1) is 24.6. The molecule has 1 aliphatic rings. The number of unbranched alkanes of at least 4 members (excludes halogenated alkanes) is 22. The van der Waals surface area contributed by atoms with E-state index in [4.69, 9.17) is 9.47 Å². The molecule has 5 nitrogen and oxygen atoms in total. The molecule has 0 amide bonds. The largest absolute Gasteiger partial charge is 0.462 e. The third-order valence-corrected chi connectivity index (χ3v) is 11.0. The molecule has 0 radical (unpaired) electrons. The number of hydrogen-bond acceptors (Lipinski definition) is 5. The van der Waals surface area contributed by atoms with Crippen molar-refractivity contribution in [3.8, 4) is 0 Å². The van der Waals surface area contributed by atoms with Gasteiger partial charge in [-0.3, -0.25) is 0 Å². The Kier molecular flexibility index (Phi) is 26.7. The summed E-state index contributed by atoms with van der Waals surface area (Å²) < 4.78 is 11.8. The maximum atomic E-state index is 13.8. The Balaban J connectivity index is 1.87. The van der Waals surface area contributed by atoms with E-state index in [0.29, 0.717) is 35.0 Å². The minimum Gasteiger partial charge on any atom is -0.462 e. The third kappa shape index (κ3) is 18.2. The molecule has 1 aromatic rings. The molecule has 0 bridgehead atoms. The van der Waals surface area contributed by atoms with E-state index >= 15 is 0 Å². The average Bonchev–Trinajstić information content (AvgIpc) is 3.14. The van der Waals surface area contributed by atoms with Crippen molar-refractivity contribution < 1.29 is 19.1 Å². The predicted molar refractivity (Wildman–Crippen MR) is 218 cm³/mol. The van der Waals surface area contributed by atoms with Crippen LogP contribution in [0.15, 0.2) is 52.9 Å². The Morgan fingerprint density at radius 3 is 1.16 bits per heavy atom. The van der Waals surface area contributed by atoms with Crippen molar-refractivity contribution in [1.29, 1.82) is 0 Å². The van der Waals surface area contributed by atoms with Crippen LogP contribution in [0.25, 0.3) is 0 Å².